The van der Waals surface area contributed by atoms with Gasteiger partial charge in [-0.1, -0.05) is 17.7 Å². The van der Waals surface area contributed by atoms with Gasteiger partial charge in [0.25, 0.3) is 5.91 Å². The summed E-state index contributed by atoms with van der Waals surface area (Å²) in [5, 5.41) is 3.17. The van der Waals surface area contributed by atoms with Gasteiger partial charge in [-0.25, -0.2) is 4.79 Å². The highest BCUT2D eigenvalue weighted by molar-refractivity contribution is 6.34. The third kappa shape index (κ3) is 4.40. The SMILES string of the molecule is COC(=O)c1cc(NC(=O)c2ccc(C)cc2Cl)ccc1N1CCOCC1. The Bertz CT molecular complexity index is 863. The molecule has 2 aromatic rings. The predicted octanol–water partition coefficient (Wildman–Crippen LogP) is 3.52. The van der Waals surface area contributed by atoms with Gasteiger partial charge in [0.2, 0.25) is 0 Å². The minimum Gasteiger partial charge on any atom is -0.465 e. The number of aryl methyl sites for hydroxylation is 1. The smallest absolute Gasteiger partial charge is 0.340 e. The monoisotopic (exact) mass is 388 g/mol. The summed E-state index contributed by atoms with van der Waals surface area (Å²) in [4.78, 5) is 26.9. The Kier molecular flexibility index (Phi) is 5.98. The number of hydrogen-bond donors (Lipinski definition) is 1. The molecule has 0 spiro atoms. The van der Waals surface area contributed by atoms with Gasteiger partial charge in [-0.05, 0) is 42.8 Å². The lowest BCUT2D eigenvalue weighted by Crippen LogP contribution is -2.37. The Morgan fingerprint density at radius 3 is 2.52 bits per heavy atom. The number of methoxy groups -OCH3 is 1. The number of amides is 1. The number of hydrogen-bond acceptors (Lipinski definition) is 5. The Morgan fingerprint density at radius 2 is 1.85 bits per heavy atom. The zero-order valence-corrected chi connectivity index (χ0v) is 16.0. The van der Waals surface area contributed by atoms with E-state index in [1.807, 2.05) is 19.1 Å². The van der Waals surface area contributed by atoms with Crippen LogP contribution in [0.2, 0.25) is 5.02 Å². The summed E-state index contributed by atoms with van der Waals surface area (Å²) < 4.78 is 10.3. The molecule has 142 valence electrons. The van der Waals surface area contributed by atoms with Crippen LogP contribution in [0.5, 0.6) is 0 Å². The van der Waals surface area contributed by atoms with Gasteiger partial charge in [0.05, 0.1) is 42.2 Å². The molecule has 0 aliphatic carbocycles. The summed E-state index contributed by atoms with van der Waals surface area (Å²) in [5.41, 5.74) is 3.00. The summed E-state index contributed by atoms with van der Waals surface area (Å²) in [6.45, 7) is 4.49. The lowest BCUT2D eigenvalue weighted by atomic mass is 10.1. The first-order valence-corrected chi connectivity index (χ1v) is 9.00. The maximum absolute atomic E-state index is 12.5. The van der Waals surface area contributed by atoms with Gasteiger partial charge in [0.15, 0.2) is 0 Å². The van der Waals surface area contributed by atoms with Crippen molar-refractivity contribution in [2.24, 2.45) is 0 Å². The first kappa shape index (κ1) is 19.2. The summed E-state index contributed by atoms with van der Waals surface area (Å²) >= 11 is 6.17. The van der Waals surface area contributed by atoms with Crippen molar-refractivity contribution in [1.29, 1.82) is 0 Å². The van der Waals surface area contributed by atoms with Crippen LogP contribution in [0.3, 0.4) is 0 Å². The third-order valence-electron chi connectivity index (χ3n) is 4.38. The number of carbonyl (C=O) groups excluding carboxylic acids is 2. The molecule has 0 aromatic heterocycles. The molecular weight excluding hydrogens is 368 g/mol. The van der Waals surface area contributed by atoms with E-state index in [0.29, 0.717) is 48.1 Å². The number of esters is 1. The van der Waals surface area contributed by atoms with E-state index >= 15 is 0 Å². The van der Waals surface area contributed by atoms with Crippen molar-refractivity contribution >= 4 is 34.9 Å². The molecule has 7 heteroatoms. The van der Waals surface area contributed by atoms with Crippen molar-refractivity contribution in [2.45, 2.75) is 6.92 Å². The molecule has 0 radical (unpaired) electrons. The Labute approximate surface area is 163 Å². The molecule has 1 aliphatic heterocycles. The first-order valence-electron chi connectivity index (χ1n) is 8.62. The summed E-state index contributed by atoms with van der Waals surface area (Å²) in [6, 6.07) is 10.4. The number of morpholine rings is 1. The summed E-state index contributed by atoms with van der Waals surface area (Å²) in [6.07, 6.45) is 0. The topological polar surface area (TPSA) is 67.9 Å². The molecule has 27 heavy (non-hydrogen) atoms. The van der Waals surface area contributed by atoms with Crippen LogP contribution in [0, 0.1) is 6.92 Å². The van der Waals surface area contributed by atoms with Crippen LogP contribution in [0.15, 0.2) is 36.4 Å². The van der Waals surface area contributed by atoms with E-state index in [-0.39, 0.29) is 5.91 Å². The zero-order chi connectivity index (χ0) is 19.4. The highest BCUT2D eigenvalue weighted by Gasteiger charge is 2.20. The zero-order valence-electron chi connectivity index (χ0n) is 15.3. The molecule has 1 heterocycles. The number of anilines is 2. The Hall–Kier alpha value is -2.57. The predicted molar refractivity (Wildman–Crippen MR) is 105 cm³/mol. The van der Waals surface area contributed by atoms with Crippen LogP contribution in [-0.4, -0.2) is 45.3 Å². The first-order chi connectivity index (χ1) is 13.0. The molecule has 0 saturated carbocycles. The number of nitrogens with one attached hydrogen (secondary N) is 1. The lowest BCUT2D eigenvalue weighted by molar-refractivity contribution is 0.0600. The molecule has 0 bridgehead atoms. The van der Waals surface area contributed by atoms with E-state index in [0.717, 1.165) is 11.3 Å². The van der Waals surface area contributed by atoms with Crippen LogP contribution in [0.1, 0.15) is 26.3 Å². The third-order valence-corrected chi connectivity index (χ3v) is 4.69. The van der Waals surface area contributed by atoms with Gasteiger partial charge < -0.3 is 19.7 Å². The summed E-state index contributed by atoms with van der Waals surface area (Å²) in [5.74, 6) is -0.795. The van der Waals surface area contributed by atoms with E-state index < -0.39 is 5.97 Å². The van der Waals surface area contributed by atoms with Gasteiger partial charge in [-0.15, -0.1) is 0 Å². The van der Waals surface area contributed by atoms with Crippen molar-refractivity contribution in [3.8, 4) is 0 Å². The average molecular weight is 389 g/mol. The van der Waals surface area contributed by atoms with Gasteiger partial charge in [-0.2, -0.15) is 0 Å². The van der Waals surface area contributed by atoms with Crippen molar-refractivity contribution in [3.05, 3.63) is 58.1 Å². The van der Waals surface area contributed by atoms with Gasteiger partial charge in [0, 0.05) is 18.8 Å². The Morgan fingerprint density at radius 1 is 1.11 bits per heavy atom. The average Bonchev–Trinajstić information content (AvgIpc) is 2.67. The van der Waals surface area contributed by atoms with Crippen LogP contribution in [0.4, 0.5) is 11.4 Å². The molecule has 1 fully saturated rings. The molecule has 1 amide bonds. The number of halogens is 1. The van der Waals surface area contributed by atoms with Crippen molar-refractivity contribution in [1.82, 2.24) is 0 Å². The fourth-order valence-corrected chi connectivity index (χ4v) is 3.29. The number of nitrogens with zero attached hydrogens (tertiary/aromatic N) is 1. The summed E-state index contributed by atoms with van der Waals surface area (Å²) in [7, 11) is 1.34. The minimum absolute atomic E-state index is 0.338. The molecular formula is C20H21ClN2O4. The van der Waals surface area contributed by atoms with Gasteiger partial charge in [0.1, 0.15) is 0 Å². The fourth-order valence-electron chi connectivity index (χ4n) is 2.97. The second-order valence-electron chi connectivity index (χ2n) is 6.26. The molecule has 3 rings (SSSR count). The standard InChI is InChI=1S/C20H21ClN2O4/c1-13-3-5-15(17(21)11-13)19(24)22-14-4-6-18(16(12-14)20(25)26-2)23-7-9-27-10-8-23/h3-6,11-12H,7-10H2,1-2H3,(H,22,24). The molecule has 0 atom stereocenters. The lowest BCUT2D eigenvalue weighted by Gasteiger charge is -2.30. The minimum atomic E-state index is -0.457. The molecule has 0 unspecified atom stereocenters. The van der Waals surface area contributed by atoms with Crippen LogP contribution >= 0.6 is 11.6 Å². The molecule has 1 N–H and O–H groups in total. The molecule has 2 aromatic carbocycles. The van der Waals surface area contributed by atoms with E-state index in [1.165, 1.54) is 7.11 Å². The van der Waals surface area contributed by atoms with Crippen molar-refractivity contribution in [2.75, 3.05) is 43.6 Å². The van der Waals surface area contributed by atoms with Crippen LogP contribution < -0.4 is 10.2 Å². The van der Waals surface area contributed by atoms with Crippen molar-refractivity contribution < 1.29 is 19.1 Å². The second kappa shape index (κ2) is 8.41. The van der Waals surface area contributed by atoms with Crippen LogP contribution in [-0.2, 0) is 9.47 Å². The molecule has 6 nitrogen and oxygen atoms in total. The fraction of sp³-hybridized carbons (Fsp3) is 0.300. The highest BCUT2D eigenvalue weighted by Crippen LogP contribution is 2.27. The highest BCUT2D eigenvalue weighted by atomic mass is 35.5. The van der Waals surface area contributed by atoms with E-state index in [1.54, 1.807) is 24.3 Å². The maximum atomic E-state index is 12.5. The second-order valence-corrected chi connectivity index (χ2v) is 6.67. The van der Waals surface area contributed by atoms with Crippen LogP contribution in [0.25, 0.3) is 0 Å². The number of carbonyl (C=O) groups is 2. The van der Waals surface area contributed by atoms with Gasteiger partial charge in [-0.3, -0.25) is 4.79 Å². The quantitative estimate of drug-likeness (QED) is 0.811. The largest absolute Gasteiger partial charge is 0.465 e. The number of benzene rings is 2. The van der Waals surface area contributed by atoms with E-state index in [2.05, 4.69) is 10.2 Å². The number of rotatable bonds is 4. The number of ether oxygens (including phenoxy) is 2. The van der Waals surface area contributed by atoms with E-state index in [4.69, 9.17) is 21.1 Å². The van der Waals surface area contributed by atoms with Crippen molar-refractivity contribution in [3.63, 3.8) is 0 Å². The van der Waals surface area contributed by atoms with Gasteiger partial charge >= 0.3 is 5.97 Å². The molecule has 1 aliphatic rings. The normalized spacial score (nSPS) is 14.0. The Balaban J connectivity index is 1.87. The van der Waals surface area contributed by atoms with E-state index in [9.17, 15) is 9.59 Å². The maximum Gasteiger partial charge on any atom is 0.340 e. The molecule has 1 saturated heterocycles.